The molecule has 0 unspecified atom stereocenters. The molecule has 2 aromatic rings. The summed E-state index contributed by atoms with van der Waals surface area (Å²) >= 11 is 0. The van der Waals surface area contributed by atoms with Crippen molar-refractivity contribution in [3.8, 4) is 0 Å². The highest BCUT2D eigenvalue weighted by atomic mass is 32.2. The molecule has 32 heavy (non-hydrogen) atoms. The number of rotatable bonds is 4. The lowest BCUT2D eigenvalue weighted by Crippen LogP contribution is -2.55. The van der Waals surface area contributed by atoms with Crippen molar-refractivity contribution in [2.75, 3.05) is 26.2 Å². The minimum atomic E-state index is -4.21. The molecule has 13 heteroatoms. The van der Waals surface area contributed by atoms with Gasteiger partial charge in [0.2, 0.25) is 20.0 Å². The van der Waals surface area contributed by atoms with Crippen LogP contribution < -0.4 is 10.9 Å². The topological polar surface area (TPSA) is 84.0 Å². The molecule has 2 heterocycles. The van der Waals surface area contributed by atoms with Crippen molar-refractivity contribution in [1.29, 1.82) is 0 Å². The van der Waals surface area contributed by atoms with E-state index >= 15 is 0 Å². The number of piperidine rings is 1. The van der Waals surface area contributed by atoms with Crippen molar-refractivity contribution < 1.29 is 30.4 Å². The van der Waals surface area contributed by atoms with Gasteiger partial charge in [0.1, 0.15) is 42.8 Å². The average Bonchev–Trinajstić information content (AvgIpc) is 3.11. The number of benzene rings is 2. The Morgan fingerprint density at radius 3 is 1.81 bits per heavy atom. The lowest BCUT2D eigenvalue weighted by Gasteiger charge is -2.42. The van der Waals surface area contributed by atoms with Gasteiger partial charge in [0, 0.05) is 32.5 Å². The molecular formula is C19H22B2F2N2O5S2. The Hall–Kier alpha value is -1.79. The van der Waals surface area contributed by atoms with Crippen LogP contribution in [0.5, 0.6) is 0 Å². The number of ether oxygens (including phenoxy) is 1. The van der Waals surface area contributed by atoms with Gasteiger partial charge in [-0.15, -0.1) is 0 Å². The Morgan fingerprint density at radius 2 is 1.31 bits per heavy atom. The summed E-state index contributed by atoms with van der Waals surface area (Å²) in [6.45, 7) is 0.0388. The molecule has 2 aromatic carbocycles. The van der Waals surface area contributed by atoms with Crippen LogP contribution in [0.3, 0.4) is 0 Å². The maximum absolute atomic E-state index is 14.5. The molecule has 2 aliphatic rings. The lowest BCUT2D eigenvalue weighted by atomic mass is 9.97. The third kappa shape index (κ3) is 3.90. The second-order valence-corrected chi connectivity index (χ2v) is 11.9. The lowest BCUT2D eigenvalue weighted by molar-refractivity contribution is -0.0807. The second-order valence-electron chi connectivity index (χ2n) is 8.14. The Bertz CT molecular complexity index is 1270. The molecule has 2 aliphatic heterocycles. The molecule has 0 aliphatic carbocycles. The van der Waals surface area contributed by atoms with E-state index in [9.17, 15) is 25.6 Å². The van der Waals surface area contributed by atoms with Crippen LogP contribution in [0.15, 0.2) is 46.2 Å². The molecule has 2 fully saturated rings. The van der Waals surface area contributed by atoms with E-state index in [2.05, 4.69) is 0 Å². The van der Waals surface area contributed by atoms with Crippen molar-refractivity contribution in [3.63, 3.8) is 0 Å². The molecule has 7 nitrogen and oxygen atoms in total. The molecule has 4 rings (SSSR count). The second kappa shape index (κ2) is 8.21. The summed E-state index contributed by atoms with van der Waals surface area (Å²) in [6.07, 6.45) is 0.0961. The van der Waals surface area contributed by atoms with E-state index < -0.39 is 47.2 Å². The van der Waals surface area contributed by atoms with E-state index in [1.807, 2.05) is 0 Å². The molecule has 0 N–H and O–H groups in total. The quantitative estimate of drug-likeness (QED) is 0.506. The summed E-state index contributed by atoms with van der Waals surface area (Å²) in [5.74, 6) is -1.68. The zero-order valence-corrected chi connectivity index (χ0v) is 19.3. The number of sulfonamides is 2. The van der Waals surface area contributed by atoms with E-state index in [0.29, 0.717) is 10.9 Å². The van der Waals surface area contributed by atoms with Crippen LogP contribution in [0.1, 0.15) is 12.8 Å². The molecule has 0 saturated carbocycles. The Balaban J connectivity index is 1.59. The van der Waals surface area contributed by atoms with Crippen molar-refractivity contribution in [1.82, 2.24) is 8.61 Å². The van der Waals surface area contributed by atoms with Crippen molar-refractivity contribution in [2.24, 2.45) is 0 Å². The minimum Gasteiger partial charge on any atom is -0.358 e. The van der Waals surface area contributed by atoms with Gasteiger partial charge in [-0.2, -0.15) is 8.61 Å². The zero-order valence-electron chi connectivity index (χ0n) is 17.7. The Kier molecular flexibility index (Phi) is 6.00. The van der Waals surface area contributed by atoms with E-state index in [4.69, 9.17) is 4.74 Å². The first-order valence-electron chi connectivity index (χ1n) is 10.2. The minimum absolute atomic E-state index is 0.0367. The number of hydrogen-bond acceptors (Lipinski definition) is 5. The highest BCUT2D eigenvalue weighted by Crippen LogP contribution is 2.39. The monoisotopic (exact) mass is 482 g/mol. The smallest absolute Gasteiger partial charge is 0.248 e. The first-order chi connectivity index (χ1) is 15.0. The third-order valence-corrected chi connectivity index (χ3v) is 9.90. The van der Waals surface area contributed by atoms with Crippen LogP contribution in [0, 0.1) is 11.6 Å². The van der Waals surface area contributed by atoms with Gasteiger partial charge < -0.3 is 4.74 Å². The van der Waals surface area contributed by atoms with E-state index in [0.717, 1.165) is 20.7 Å². The fourth-order valence-electron chi connectivity index (χ4n) is 4.29. The van der Waals surface area contributed by atoms with Crippen LogP contribution in [-0.4, -0.2) is 73.1 Å². The third-order valence-electron chi connectivity index (χ3n) is 5.98. The molecule has 0 amide bonds. The molecule has 0 radical (unpaired) electrons. The van der Waals surface area contributed by atoms with Gasteiger partial charge >= 0.3 is 0 Å². The zero-order chi connectivity index (χ0) is 23.3. The highest BCUT2D eigenvalue weighted by Gasteiger charge is 2.52. The fourth-order valence-corrected chi connectivity index (χ4v) is 7.55. The van der Waals surface area contributed by atoms with Crippen LogP contribution in [0.4, 0.5) is 8.78 Å². The normalized spacial score (nSPS) is 20.1. The summed E-state index contributed by atoms with van der Waals surface area (Å²) < 4.78 is 89.2. The molecule has 0 aromatic heterocycles. The van der Waals surface area contributed by atoms with E-state index in [1.54, 1.807) is 15.7 Å². The number of halogens is 2. The van der Waals surface area contributed by atoms with E-state index in [-0.39, 0.29) is 39.1 Å². The molecule has 0 bridgehead atoms. The van der Waals surface area contributed by atoms with Crippen molar-refractivity contribution >= 4 is 46.7 Å². The van der Waals surface area contributed by atoms with Gasteiger partial charge in [-0.1, -0.05) is 23.1 Å². The van der Waals surface area contributed by atoms with E-state index in [1.165, 1.54) is 24.3 Å². The first-order valence-corrected chi connectivity index (χ1v) is 13.0. The van der Waals surface area contributed by atoms with Crippen LogP contribution in [0.25, 0.3) is 0 Å². The Labute approximate surface area is 188 Å². The van der Waals surface area contributed by atoms with Crippen LogP contribution in [-0.2, 0) is 24.8 Å². The van der Waals surface area contributed by atoms with Gasteiger partial charge in [0.25, 0.3) is 0 Å². The molecular weight excluding hydrogens is 460 g/mol. The molecule has 1 spiro atoms. The van der Waals surface area contributed by atoms with Gasteiger partial charge in [0.05, 0.1) is 6.61 Å². The SMILES string of the molecule is Bc1ccc(S(=O)(=O)N2CCC3(CC2)OCCN3S(=O)(=O)c2ccc(B)cc2F)c(F)c1. The van der Waals surface area contributed by atoms with Gasteiger partial charge in [-0.3, -0.25) is 0 Å². The summed E-state index contributed by atoms with van der Waals surface area (Å²) in [5, 5.41) is 0. The predicted molar refractivity (Wildman–Crippen MR) is 120 cm³/mol. The first kappa shape index (κ1) is 23.4. The number of nitrogens with zero attached hydrogens (tertiary/aromatic N) is 2. The summed E-state index contributed by atoms with van der Waals surface area (Å²) in [5.41, 5.74) is -0.0770. The average molecular weight is 482 g/mol. The predicted octanol–water partition coefficient (Wildman–Crippen LogP) is -1.32. The molecule has 2 saturated heterocycles. The summed E-state index contributed by atoms with van der Waals surface area (Å²) in [6, 6.07) is 7.81. The van der Waals surface area contributed by atoms with Crippen LogP contribution in [0.2, 0.25) is 0 Å². The van der Waals surface area contributed by atoms with Crippen LogP contribution >= 0.6 is 0 Å². The standard InChI is InChI=1S/C19H22B2F2N2O5S2/c20-13-1-3-17(15(22)11-13)31(26,27)24-7-5-19(6-8-24)25(9-10-30-19)32(28,29)18-4-2-14(21)12-16(18)23/h1-4,11-12H,5-10,20-21H2. The van der Waals surface area contributed by atoms with Gasteiger partial charge in [-0.25, -0.2) is 25.6 Å². The van der Waals surface area contributed by atoms with Crippen molar-refractivity contribution in [3.05, 3.63) is 48.0 Å². The fraction of sp³-hybridized carbons (Fsp3) is 0.368. The van der Waals surface area contributed by atoms with Crippen molar-refractivity contribution in [2.45, 2.75) is 28.4 Å². The summed E-state index contributed by atoms with van der Waals surface area (Å²) in [7, 11) is -4.98. The van der Waals surface area contributed by atoms with Gasteiger partial charge in [0.15, 0.2) is 0 Å². The molecule has 0 atom stereocenters. The van der Waals surface area contributed by atoms with Gasteiger partial charge in [-0.05, 0) is 24.3 Å². The summed E-state index contributed by atoms with van der Waals surface area (Å²) in [4.78, 5) is -0.859. The highest BCUT2D eigenvalue weighted by molar-refractivity contribution is 7.89. The maximum atomic E-state index is 14.5. The Morgan fingerprint density at radius 1 is 0.812 bits per heavy atom. The number of hydrogen-bond donors (Lipinski definition) is 0. The molecule has 170 valence electrons. The largest absolute Gasteiger partial charge is 0.358 e. The maximum Gasteiger partial charge on any atom is 0.248 e.